The molecule has 140 valence electrons. The quantitative estimate of drug-likeness (QED) is 0.680. The molecule has 6 heteroatoms. The summed E-state index contributed by atoms with van der Waals surface area (Å²) in [4.78, 5) is 20.6. The van der Waals surface area contributed by atoms with E-state index in [4.69, 9.17) is 0 Å². The molecule has 27 heavy (non-hydrogen) atoms. The van der Waals surface area contributed by atoms with Gasteiger partial charge in [-0.3, -0.25) is 9.69 Å². The van der Waals surface area contributed by atoms with Gasteiger partial charge in [0.15, 0.2) is 5.13 Å². The van der Waals surface area contributed by atoms with E-state index in [1.165, 1.54) is 28.4 Å². The summed E-state index contributed by atoms with van der Waals surface area (Å²) in [6.07, 6.45) is 0.808. The molecule has 0 atom stereocenters. The van der Waals surface area contributed by atoms with E-state index in [1.54, 1.807) is 17.0 Å². The summed E-state index contributed by atoms with van der Waals surface area (Å²) < 4.78 is 14.2. The van der Waals surface area contributed by atoms with E-state index in [2.05, 4.69) is 19.1 Å². The zero-order valence-corrected chi connectivity index (χ0v) is 16.3. The first-order valence-corrected chi connectivity index (χ1v) is 9.80. The third-order valence-electron chi connectivity index (χ3n) is 4.20. The Morgan fingerprint density at radius 3 is 2.52 bits per heavy atom. The zero-order valence-electron chi connectivity index (χ0n) is 15.5. The molecule has 1 aromatic heterocycles. The molecule has 0 aliphatic carbocycles. The van der Waals surface area contributed by atoms with Gasteiger partial charge in [-0.2, -0.15) is 0 Å². The Labute approximate surface area is 162 Å². The molecular weight excluding hydrogens is 361 g/mol. The molecule has 4 nitrogen and oxygen atoms in total. The fourth-order valence-corrected chi connectivity index (χ4v) is 3.64. The van der Waals surface area contributed by atoms with Crippen LogP contribution in [0.5, 0.6) is 0 Å². The van der Waals surface area contributed by atoms with E-state index in [0.717, 1.165) is 24.2 Å². The second kappa shape index (κ2) is 8.88. The molecule has 0 radical (unpaired) electrons. The number of anilines is 1. The Hall–Kier alpha value is -2.57. The lowest BCUT2D eigenvalue weighted by Gasteiger charge is -2.20. The van der Waals surface area contributed by atoms with Crippen LogP contribution in [0.4, 0.5) is 9.52 Å². The van der Waals surface area contributed by atoms with E-state index < -0.39 is 5.82 Å². The monoisotopic (exact) mass is 384 g/mol. The molecule has 1 N–H and O–H groups in total. The number of halogens is 1. The molecule has 2 aromatic carbocycles. The largest absolute Gasteiger partial charge is 0.340 e. The number of hydrogen-bond acceptors (Lipinski definition) is 3. The van der Waals surface area contributed by atoms with Crippen LogP contribution in [0.25, 0.3) is 11.3 Å². The Balaban J connectivity index is 1.89. The van der Waals surface area contributed by atoms with Gasteiger partial charge in [-0.25, -0.2) is 9.37 Å². The number of carbonyl (C=O) groups is 1. The number of nitrogens with one attached hydrogen (secondary N) is 1. The Morgan fingerprint density at radius 2 is 1.81 bits per heavy atom. The van der Waals surface area contributed by atoms with Crippen molar-refractivity contribution in [1.82, 2.24) is 4.98 Å². The SMILES string of the molecule is C[NH+](C)CCCN(C(=O)c1ccccc1F)c1nc(-c2ccccc2)cs1. The van der Waals surface area contributed by atoms with Gasteiger partial charge in [0.2, 0.25) is 0 Å². The second-order valence-electron chi connectivity index (χ2n) is 6.63. The smallest absolute Gasteiger partial charge is 0.263 e. The maximum atomic E-state index is 14.2. The first-order valence-electron chi connectivity index (χ1n) is 8.92. The highest BCUT2D eigenvalue weighted by Crippen LogP contribution is 2.28. The highest BCUT2D eigenvalue weighted by molar-refractivity contribution is 7.14. The van der Waals surface area contributed by atoms with Crippen LogP contribution in [0.3, 0.4) is 0 Å². The average Bonchev–Trinajstić information content (AvgIpc) is 3.15. The molecule has 1 heterocycles. The van der Waals surface area contributed by atoms with E-state index >= 15 is 0 Å². The van der Waals surface area contributed by atoms with Crippen molar-refractivity contribution in [3.8, 4) is 11.3 Å². The predicted molar refractivity (Wildman–Crippen MR) is 108 cm³/mol. The molecule has 0 saturated heterocycles. The number of rotatable bonds is 7. The number of thiazole rings is 1. The summed E-state index contributed by atoms with van der Waals surface area (Å²) in [6, 6.07) is 15.9. The summed E-state index contributed by atoms with van der Waals surface area (Å²) in [5, 5.41) is 2.53. The van der Waals surface area contributed by atoms with Crippen molar-refractivity contribution in [2.75, 3.05) is 32.1 Å². The van der Waals surface area contributed by atoms with Gasteiger partial charge in [-0.05, 0) is 12.1 Å². The van der Waals surface area contributed by atoms with Crippen LogP contribution >= 0.6 is 11.3 Å². The Bertz CT molecular complexity index is 895. The lowest BCUT2D eigenvalue weighted by atomic mass is 10.2. The lowest BCUT2D eigenvalue weighted by molar-refractivity contribution is -0.858. The third-order valence-corrected chi connectivity index (χ3v) is 5.06. The molecule has 0 unspecified atom stereocenters. The number of benzene rings is 2. The normalized spacial score (nSPS) is 11.0. The van der Waals surface area contributed by atoms with Gasteiger partial charge < -0.3 is 4.90 Å². The van der Waals surface area contributed by atoms with Gasteiger partial charge in [-0.1, -0.05) is 42.5 Å². The van der Waals surface area contributed by atoms with Crippen LogP contribution in [0.1, 0.15) is 16.8 Å². The van der Waals surface area contributed by atoms with Crippen molar-refractivity contribution in [1.29, 1.82) is 0 Å². The highest BCUT2D eigenvalue weighted by atomic mass is 32.1. The van der Waals surface area contributed by atoms with Crippen molar-refractivity contribution in [3.63, 3.8) is 0 Å². The van der Waals surface area contributed by atoms with Crippen molar-refractivity contribution in [3.05, 3.63) is 71.4 Å². The van der Waals surface area contributed by atoms with Crippen LogP contribution in [-0.4, -0.2) is 38.1 Å². The van der Waals surface area contributed by atoms with Crippen molar-refractivity contribution in [2.45, 2.75) is 6.42 Å². The van der Waals surface area contributed by atoms with E-state index in [9.17, 15) is 9.18 Å². The van der Waals surface area contributed by atoms with Gasteiger partial charge in [0, 0.05) is 23.9 Å². The highest BCUT2D eigenvalue weighted by Gasteiger charge is 2.23. The molecule has 0 spiro atoms. The number of hydrogen-bond donors (Lipinski definition) is 1. The van der Waals surface area contributed by atoms with Crippen LogP contribution in [-0.2, 0) is 0 Å². The first kappa shape index (κ1) is 19.2. The van der Waals surface area contributed by atoms with Crippen molar-refractivity contribution < 1.29 is 14.1 Å². The minimum absolute atomic E-state index is 0.0751. The second-order valence-corrected chi connectivity index (χ2v) is 7.47. The standard InChI is InChI=1S/C21H22FN3OS/c1-24(2)13-8-14-25(20(26)17-11-6-7-12-18(17)22)21-23-19(15-27-21)16-9-4-3-5-10-16/h3-7,9-12,15H,8,13-14H2,1-2H3/p+1. The predicted octanol–water partition coefficient (Wildman–Crippen LogP) is 3.13. The molecule has 0 bridgehead atoms. The summed E-state index contributed by atoms with van der Waals surface area (Å²) in [5.74, 6) is -0.860. The topological polar surface area (TPSA) is 37.6 Å². The van der Waals surface area contributed by atoms with Gasteiger partial charge in [0.25, 0.3) is 5.91 Å². The van der Waals surface area contributed by atoms with Crippen molar-refractivity contribution in [2.24, 2.45) is 0 Å². The maximum Gasteiger partial charge on any atom is 0.263 e. The van der Waals surface area contributed by atoms with E-state index in [0.29, 0.717) is 11.7 Å². The molecule has 0 fully saturated rings. The molecule has 1 amide bonds. The third kappa shape index (κ3) is 4.78. The maximum absolute atomic E-state index is 14.2. The van der Waals surface area contributed by atoms with Crippen molar-refractivity contribution >= 4 is 22.4 Å². The summed E-state index contributed by atoms with van der Waals surface area (Å²) in [5.41, 5.74) is 1.89. The Kier molecular flexibility index (Phi) is 6.32. The molecule has 3 rings (SSSR count). The van der Waals surface area contributed by atoms with Gasteiger partial charge in [0.1, 0.15) is 5.82 Å². The first-order chi connectivity index (χ1) is 13.1. The molecule has 0 aliphatic heterocycles. The van der Waals surface area contributed by atoms with Crippen LogP contribution in [0, 0.1) is 5.82 Å². The fourth-order valence-electron chi connectivity index (χ4n) is 2.78. The summed E-state index contributed by atoms with van der Waals surface area (Å²) in [7, 11) is 4.14. The summed E-state index contributed by atoms with van der Waals surface area (Å²) in [6.45, 7) is 1.41. The molecule has 0 aliphatic rings. The number of amides is 1. The summed E-state index contributed by atoms with van der Waals surface area (Å²) >= 11 is 1.40. The lowest BCUT2D eigenvalue weighted by Crippen LogP contribution is -3.05. The van der Waals surface area contributed by atoms with Gasteiger partial charge >= 0.3 is 0 Å². The van der Waals surface area contributed by atoms with E-state index in [-0.39, 0.29) is 11.5 Å². The zero-order chi connectivity index (χ0) is 19.2. The number of quaternary nitrogens is 1. The molecule has 0 saturated carbocycles. The minimum Gasteiger partial charge on any atom is -0.340 e. The number of nitrogens with zero attached hydrogens (tertiary/aromatic N) is 2. The Morgan fingerprint density at radius 1 is 1.11 bits per heavy atom. The van der Waals surface area contributed by atoms with Crippen LogP contribution < -0.4 is 9.80 Å². The number of aromatic nitrogens is 1. The molecule has 3 aromatic rings. The van der Waals surface area contributed by atoms with Gasteiger partial charge in [0.05, 0.1) is 31.9 Å². The minimum atomic E-state index is -0.509. The van der Waals surface area contributed by atoms with E-state index in [1.807, 2.05) is 35.7 Å². The van der Waals surface area contributed by atoms with Crippen LogP contribution in [0.15, 0.2) is 60.0 Å². The number of carbonyl (C=O) groups excluding carboxylic acids is 1. The van der Waals surface area contributed by atoms with Gasteiger partial charge in [-0.15, -0.1) is 11.3 Å². The van der Waals surface area contributed by atoms with Crippen LogP contribution in [0.2, 0.25) is 0 Å². The average molecular weight is 385 g/mol. The molecular formula is C21H23FN3OS+. The fraction of sp³-hybridized carbons (Fsp3) is 0.238.